The molecule has 1 aromatic carbocycles. The lowest BCUT2D eigenvalue weighted by Crippen LogP contribution is -2.28. The van der Waals surface area contributed by atoms with Crippen molar-refractivity contribution in [2.45, 2.75) is 46.6 Å². The molecular weight excluding hydrogens is 336 g/mol. The quantitative estimate of drug-likeness (QED) is 0.627. The van der Waals surface area contributed by atoms with Gasteiger partial charge in [-0.3, -0.25) is 4.79 Å². The van der Waals surface area contributed by atoms with E-state index in [0.717, 1.165) is 47.2 Å². The van der Waals surface area contributed by atoms with E-state index in [1.165, 1.54) is 0 Å². The Morgan fingerprint density at radius 3 is 2.67 bits per heavy atom. The van der Waals surface area contributed by atoms with Crippen LogP contribution in [-0.2, 0) is 0 Å². The maximum Gasteiger partial charge on any atom is 0.254 e. The second-order valence-electron chi connectivity index (χ2n) is 7.37. The Balaban J connectivity index is 2.19. The van der Waals surface area contributed by atoms with Crippen LogP contribution in [0.1, 0.15) is 55.6 Å². The summed E-state index contributed by atoms with van der Waals surface area (Å²) >= 11 is 0. The Bertz CT molecular complexity index is 958. The molecule has 0 aliphatic heterocycles. The molecule has 3 rings (SSSR count). The topological polar surface area (TPSA) is 51.0 Å². The molecule has 5 nitrogen and oxygen atoms in total. The van der Waals surface area contributed by atoms with Crippen molar-refractivity contribution in [1.29, 1.82) is 0 Å². The SMILES string of the molecule is CCCCN(C)C(=O)c1cc(-c2ccccc2C)nc2c1cnn2C(C)C. The Labute approximate surface area is 161 Å². The minimum Gasteiger partial charge on any atom is -0.342 e. The van der Waals surface area contributed by atoms with E-state index in [1.807, 2.05) is 29.9 Å². The number of carbonyl (C=O) groups is 1. The molecular formula is C22H28N4O. The van der Waals surface area contributed by atoms with Crippen LogP contribution in [0.2, 0.25) is 0 Å². The maximum absolute atomic E-state index is 13.2. The number of pyridine rings is 1. The summed E-state index contributed by atoms with van der Waals surface area (Å²) in [4.78, 5) is 19.9. The largest absolute Gasteiger partial charge is 0.342 e. The van der Waals surface area contributed by atoms with E-state index in [0.29, 0.717) is 5.56 Å². The van der Waals surface area contributed by atoms with E-state index in [4.69, 9.17) is 4.98 Å². The molecule has 0 N–H and O–H groups in total. The fourth-order valence-corrected chi connectivity index (χ4v) is 3.27. The molecule has 0 spiro atoms. The van der Waals surface area contributed by atoms with Crippen LogP contribution < -0.4 is 0 Å². The number of benzene rings is 1. The van der Waals surface area contributed by atoms with Gasteiger partial charge in [0, 0.05) is 25.2 Å². The molecule has 142 valence electrons. The van der Waals surface area contributed by atoms with Gasteiger partial charge in [0.05, 0.1) is 22.8 Å². The van der Waals surface area contributed by atoms with Gasteiger partial charge in [-0.05, 0) is 38.8 Å². The Kier molecular flexibility index (Phi) is 5.59. The van der Waals surface area contributed by atoms with Crippen molar-refractivity contribution >= 4 is 16.9 Å². The second-order valence-corrected chi connectivity index (χ2v) is 7.37. The molecule has 1 amide bonds. The average molecular weight is 364 g/mol. The fraction of sp³-hybridized carbons (Fsp3) is 0.409. The average Bonchev–Trinajstić information content (AvgIpc) is 3.09. The van der Waals surface area contributed by atoms with Crippen molar-refractivity contribution < 1.29 is 4.79 Å². The Morgan fingerprint density at radius 2 is 2.00 bits per heavy atom. The predicted molar refractivity (Wildman–Crippen MR) is 110 cm³/mol. The highest BCUT2D eigenvalue weighted by molar-refractivity contribution is 6.06. The van der Waals surface area contributed by atoms with E-state index in [-0.39, 0.29) is 11.9 Å². The van der Waals surface area contributed by atoms with Crippen LogP contribution in [0.4, 0.5) is 0 Å². The summed E-state index contributed by atoms with van der Waals surface area (Å²) in [5, 5.41) is 5.31. The molecule has 0 saturated carbocycles. The highest BCUT2D eigenvalue weighted by Gasteiger charge is 2.21. The normalized spacial score (nSPS) is 11.3. The van der Waals surface area contributed by atoms with Crippen molar-refractivity contribution in [3.63, 3.8) is 0 Å². The number of aryl methyl sites for hydroxylation is 1. The standard InChI is InChI=1S/C22H28N4O/c1-6-7-12-25(5)22(27)18-13-20(17-11-9-8-10-16(17)4)24-21-19(18)14-23-26(21)15(2)3/h8-11,13-15H,6-7,12H2,1-5H3. The number of rotatable bonds is 6. The highest BCUT2D eigenvalue weighted by atomic mass is 16.2. The van der Waals surface area contributed by atoms with Crippen molar-refractivity contribution in [1.82, 2.24) is 19.7 Å². The van der Waals surface area contributed by atoms with Crippen molar-refractivity contribution in [2.75, 3.05) is 13.6 Å². The van der Waals surface area contributed by atoms with Gasteiger partial charge in [0.2, 0.25) is 0 Å². The first kappa shape index (κ1) is 19.1. The summed E-state index contributed by atoms with van der Waals surface area (Å²) in [6.45, 7) is 9.09. The molecule has 3 aromatic rings. The van der Waals surface area contributed by atoms with Crippen LogP contribution in [0.25, 0.3) is 22.3 Å². The number of nitrogens with zero attached hydrogens (tertiary/aromatic N) is 4. The first-order valence-corrected chi connectivity index (χ1v) is 9.63. The third-order valence-electron chi connectivity index (χ3n) is 4.90. The van der Waals surface area contributed by atoms with Crippen LogP contribution >= 0.6 is 0 Å². The first-order chi connectivity index (χ1) is 12.9. The van der Waals surface area contributed by atoms with Crippen LogP contribution in [0.15, 0.2) is 36.5 Å². The smallest absolute Gasteiger partial charge is 0.254 e. The Morgan fingerprint density at radius 1 is 1.26 bits per heavy atom. The molecule has 0 bridgehead atoms. The monoisotopic (exact) mass is 364 g/mol. The van der Waals surface area contributed by atoms with Crippen molar-refractivity contribution in [2.24, 2.45) is 0 Å². The van der Waals surface area contributed by atoms with E-state index in [9.17, 15) is 4.79 Å². The summed E-state index contributed by atoms with van der Waals surface area (Å²) in [7, 11) is 1.87. The third kappa shape index (κ3) is 3.72. The summed E-state index contributed by atoms with van der Waals surface area (Å²) in [5.74, 6) is 0.0222. The fourth-order valence-electron chi connectivity index (χ4n) is 3.27. The van der Waals surface area contributed by atoms with Gasteiger partial charge < -0.3 is 4.90 Å². The summed E-state index contributed by atoms with van der Waals surface area (Å²) in [6, 6.07) is 10.2. The number of fused-ring (bicyclic) bond motifs is 1. The summed E-state index contributed by atoms with van der Waals surface area (Å²) in [5.41, 5.74) is 4.43. The van der Waals surface area contributed by atoms with Crippen LogP contribution in [0, 0.1) is 6.92 Å². The number of carbonyl (C=O) groups excluding carboxylic acids is 1. The number of amides is 1. The zero-order valence-corrected chi connectivity index (χ0v) is 16.9. The lowest BCUT2D eigenvalue weighted by molar-refractivity contribution is 0.0795. The second kappa shape index (κ2) is 7.91. The van der Waals surface area contributed by atoms with Gasteiger partial charge in [0.15, 0.2) is 5.65 Å². The molecule has 2 aromatic heterocycles. The third-order valence-corrected chi connectivity index (χ3v) is 4.90. The van der Waals surface area contributed by atoms with Gasteiger partial charge in [0.1, 0.15) is 0 Å². The molecule has 0 saturated heterocycles. The highest BCUT2D eigenvalue weighted by Crippen LogP contribution is 2.28. The van der Waals surface area contributed by atoms with Crippen LogP contribution in [0.5, 0.6) is 0 Å². The molecule has 0 atom stereocenters. The van der Waals surface area contributed by atoms with Gasteiger partial charge in [-0.15, -0.1) is 0 Å². The maximum atomic E-state index is 13.2. The lowest BCUT2D eigenvalue weighted by atomic mass is 10.0. The van der Waals surface area contributed by atoms with Gasteiger partial charge >= 0.3 is 0 Å². The number of hydrogen-bond donors (Lipinski definition) is 0. The van der Waals surface area contributed by atoms with E-state index < -0.39 is 0 Å². The molecule has 27 heavy (non-hydrogen) atoms. The minimum atomic E-state index is 0.0222. The summed E-state index contributed by atoms with van der Waals surface area (Å²) in [6.07, 6.45) is 3.82. The lowest BCUT2D eigenvalue weighted by Gasteiger charge is -2.18. The summed E-state index contributed by atoms with van der Waals surface area (Å²) < 4.78 is 1.89. The van der Waals surface area contributed by atoms with Crippen molar-refractivity contribution in [3.8, 4) is 11.3 Å². The molecule has 2 heterocycles. The first-order valence-electron chi connectivity index (χ1n) is 9.63. The molecule has 5 heteroatoms. The van der Waals surface area contributed by atoms with Gasteiger partial charge in [0.25, 0.3) is 5.91 Å². The molecule has 0 fully saturated rings. The number of aromatic nitrogens is 3. The van der Waals surface area contributed by atoms with Crippen molar-refractivity contribution in [3.05, 3.63) is 47.7 Å². The van der Waals surface area contributed by atoms with Gasteiger partial charge in [-0.25, -0.2) is 9.67 Å². The minimum absolute atomic E-state index is 0.0222. The number of unbranched alkanes of at least 4 members (excludes halogenated alkanes) is 1. The Hall–Kier alpha value is -2.69. The van der Waals surface area contributed by atoms with E-state index in [2.05, 4.69) is 44.9 Å². The molecule has 0 radical (unpaired) electrons. The molecule has 0 aliphatic carbocycles. The van der Waals surface area contributed by atoms with E-state index in [1.54, 1.807) is 11.1 Å². The van der Waals surface area contributed by atoms with Gasteiger partial charge in [-0.2, -0.15) is 5.10 Å². The zero-order valence-electron chi connectivity index (χ0n) is 16.9. The van der Waals surface area contributed by atoms with Gasteiger partial charge in [-0.1, -0.05) is 37.6 Å². The molecule has 0 aliphatic rings. The van der Waals surface area contributed by atoms with E-state index >= 15 is 0 Å². The van der Waals surface area contributed by atoms with Crippen LogP contribution in [0.3, 0.4) is 0 Å². The van der Waals surface area contributed by atoms with Crippen LogP contribution in [-0.4, -0.2) is 39.2 Å². The zero-order chi connectivity index (χ0) is 19.6. The predicted octanol–water partition coefficient (Wildman–Crippen LogP) is 4.86. The number of hydrogen-bond acceptors (Lipinski definition) is 3. The molecule has 0 unspecified atom stereocenters.